The van der Waals surface area contributed by atoms with Crippen molar-refractivity contribution in [3.63, 3.8) is 0 Å². The Morgan fingerprint density at radius 3 is 2.50 bits per heavy atom. The Kier molecular flexibility index (Phi) is 2.54. The van der Waals surface area contributed by atoms with Gasteiger partial charge in [-0.3, -0.25) is 0 Å². The van der Waals surface area contributed by atoms with Crippen molar-refractivity contribution in [1.82, 2.24) is 0 Å². The van der Waals surface area contributed by atoms with Crippen LogP contribution in [0, 0.1) is 0 Å². The third-order valence-corrected chi connectivity index (χ3v) is 3.57. The third kappa shape index (κ3) is 1.79. The third-order valence-electron chi connectivity index (χ3n) is 3.32. The first kappa shape index (κ1) is 10.0. The van der Waals surface area contributed by atoms with Crippen LogP contribution in [0.4, 0.5) is 0 Å². The summed E-state index contributed by atoms with van der Waals surface area (Å²) in [6.45, 7) is 2.29. The van der Waals surface area contributed by atoms with E-state index in [1.807, 2.05) is 12.1 Å². The standard InChI is InChI=1S/C12H16ClN/c1-12(7-6-11(14)8-12)9-2-4-10(13)5-3-9/h2-5,11H,6-8,14H2,1H3. The summed E-state index contributed by atoms with van der Waals surface area (Å²) < 4.78 is 0. The van der Waals surface area contributed by atoms with Gasteiger partial charge < -0.3 is 5.73 Å². The Hall–Kier alpha value is -0.530. The van der Waals surface area contributed by atoms with Gasteiger partial charge in [0.1, 0.15) is 0 Å². The van der Waals surface area contributed by atoms with Gasteiger partial charge in [-0.2, -0.15) is 0 Å². The maximum absolute atomic E-state index is 5.95. The van der Waals surface area contributed by atoms with Crippen molar-refractivity contribution in [3.05, 3.63) is 34.9 Å². The van der Waals surface area contributed by atoms with Crippen LogP contribution in [0.5, 0.6) is 0 Å². The van der Waals surface area contributed by atoms with Gasteiger partial charge in [-0.05, 0) is 42.4 Å². The molecule has 1 aliphatic carbocycles. The number of hydrogen-bond acceptors (Lipinski definition) is 1. The van der Waals surface area contributed by atoms with Gasteiger partial charge in [-0.25, -0.2) is 0 Å². The zero-order valence-electron chi connectivity index (χ0n) is 8.46. The zero-order chi connectivity index (χ0) is 10.2. The van der Waals surface area contributed by atoms with Crippen LogP contribution in [0.25, 0.3) is 0 Å². The predicted molar refractivity (Wildman–Crippen MR) is 60.6 cm³/mol. The highest BCUT2D eigenvalue weighted by atomic mass is 35.5. The molecule has 0 heterocycles. The van der Waals surface area contributed by atoms with Gasteiger partial charge in [0, 0.05) is 11.1 Å². The molecule has 0 aromatic heterocycles. The average molecular weight is 210 g/mol. The first-order valence-electron chi connectivity index (χ1n) is 5.12. The molecular formula is C12H16ClN. The Morgan fingerprint density at radius 1 is 1.36 bits per heavy atom. The van der Waals surface area contributed by atoms with Crippen LogP contribution in [0.2, 0.25) is 5.02 Å². The van der Waals surface area contributed by atoms with Gasteiger partial charge >= 0.3 is 0 Å². The second-order valence-corrected chi connectivity index (χ2v) is 5.01. The number of halogens is 1. The van der Waals surface area contributed by atoms with Crippen molar-refractivity contribution in [2.45, 2.75) is 37.6 Å². The average Bonchev–Trinajstić information content (AvgIpc) is 2.48. The topological polar surface area (TPSA) is 26.0 Å². The number of hydrogen-bond donors (Lipinski definition) is 1. The second kappa shape index (κ2) is 3.56. The van der Waals surface area contributed by atoms with Gasteiger partial charge in [-0.15, -0.1) is 0 Å². The molecule has 2 rings (SSSR count). The maximum atomic E-state index is 5.95. The van der Waals surface area contributed by atoms with Crippen LogP contribution in [0.15, 0.2) is 24.3 Å². The van der Waals surface area contributed by atoms with E-state index in [1.54, 1.807) is 0 Å². The lowest BCUT2D eigenvalue weighted by molar-refractivity contribution is 0.482. The van der Waals surface area contributed by atoms with E-state index in [0.717, 1.165) is 17.9 Å². The molecule has 1 fully saturated rings. The molecule has 0 amide bonds. The molecule has 2 heteroatoms. The van der Waals surface area contributed by atoms with Crippen LogP contribution in [-0.4, -0.2) is 6.04 Å². The van der Waals surface area contributed by atoms with Crippen LogP contribution < -0.4 is 5.73 Å². The van der Waals surface area contributed by atoms with Crippen LogP contribution in [-0.2, 0) is 5.41 Å². The largest absolute Gasteiger partial charge is 0.328 e. The minimum Gasteiger partial charge on any atom is -0.328 e. The second-order valence-electron chi connectivity index (χ2n) is 4.57. The van der Waals surface area contributed by atoms with Gasteiger partial charge in [0.25, 0.3) is 0 Å². The molecule has 2 atom stereocenters. The Balaban J connectivity index is 2.26. The summed E-state index contributed by atoms with van der Waals surface area (Å²) in [4.78, 5) is 0. The lowest BCUT2D eigenvalue weighted by Gasteiger charge is -2.24. The van der Waals surface area contributed by atoms with Gasteiger partial charge in [0.2, 0.25) is 0 Å². The fourth-order valence-corrected chi connectivity index (χ4v) is 2.53. The molecule has 0 bridgehead atoms. The van der Waals surface area contributed by atoms with E-state index in [9.17, 15) is 0 Å². The molecule has 0 spiro atoms. The molecule has 14 heavy (non-hydrogen) atoms. The van der Waals surface area contributed by atoms with Gasteiger partial charge in [0.15, 0.2) is 0 Å². The summed E-state index contributed by atoms with van der Waals surface area (Å²) in [5.74, 6) is 0. The summed E-state index contributed by atoms with van der Waals surface area (Å²) in [7, 11) is 0. The van der Waals surface area contributed by atoms with E-state index < -0.39 is 0 Å². The van der Waals surface area contributed by atoms with Crippen LogP contribution >= 0.6 is 11.6 Å². The molecule has 76 valence electrons. The molecule has 1 aliphatic rings. The minimum atomic E-state index is 0.268. The SMILES string of the molecule is CC1(c2ccc(Cl)cc2)CCC(N)C1. The molecule has 0 radical (unpaired) electrons. The molecule has 1 saturated carbocycles. The highest BCUT2D eigenvalue weighted by Gasteiger charge is 2.34. The van der Waals surface area contributed by atoms with Crippen molar-refractivity contribution in [2.75, 3.05) is 0 Å². The summed E-state index contributed by atoms with van der Waals surface area (Å²) in [6, 6.07) is 8.55. The first-order valence-corrected chi connectivity index (χ1v) is 5.50. The molecule has 0 aliphatic heterocycles. The zero-order valence-corrected chi connectivity index (χ0v) is 9.22. The molecule has 1 aromatic rings. The van der Waals surface area contributed by atoms with E-state index in [4.69, 9.17) is 17.3 Å². The normalized spacial score (nSPS) is 32.1. The van der Waals surface area contributed by atoms with E-state index in [2.05, 4.69) is 19.1 Å². The quantitative estimate of drug-likeness (QED) is 0.756. The van der Waals surface area contributed by atoms with Crippen molar-refractivity contribution in [3.8, 4) is 0 Å². The molecule has 2 unspecified atom stereocenters. The number of nitrogens with two attached hydrogens (primary N) is 1. The molecule has 1 nitrogen and oxygen atoms in total. The molecular weight excluding hydrogens is 194 g/mol. The lowest BCUT2D eigenvalue weighted by atomic mass is 9.81. The fourth-order valence-electron chi connectivity index (χ4n) is 2.40. The van der Waals surface area contributed by atoms with Gasteiger partial charge in [0.05, 0.1) is 0 Å². The Morgan fingerprint density at radius 2 is 2.00 bits per heavy atom. The van der Waals surface area contributed by atoms with E-state index in [0.29, 0.717) is 6.04 Å². The smallest absolute Gasteiger partial charge is 0.0406 e. The summed E-state index contributed by atoms with van der Waals surface area (Å²) >= 11 is 5.87. The first-order chi connectivity index (χ1) is 6.60. The lowest BCUT2D eigenvalue weighted by Crippen LogP contribution is -2.22. The Bertz CT molecular complexity index is 320. The number of rotatable bonds is 1. The van der Waals surface area contributed by atoms with Crippen molar-refractivity contribution >= 4 is 11.6 Å². The Labute approximate surface area is 90.3 Å². The molecule has 1 aromatic carbocycles. The van der Waals surface area contributed by atoms with E-state index in [1.165, 1.54) is 12.0 Å². The monoisotopic (exact) mass is 209 g/mol. The highest BCUT2D eigenvalue weighted by molar-refractivity contribution is 6.30. The molecule has 2 N–H and O–H groups in total. The van der Waals surface area contributed by atoms with Crippen LogP contribution in [0.1, 0.15) is 31.7 Å². The van der Waals surface area contributed by atoms with Crippen molar-refractivity contribution < 1.29 is 0 Å². The van der Waals surface area contributed by atoms with E-state index in [-0.39, 0.29) is 5.41 Å². The molecule has 0 saturated heterocycles. The summed E-state index contributed by atoms with van der Waals surface area (Å²) in [6.07, 6.45) is 3.42. The number of benzene rings is 1. The highest BCUT2D eigenvalue weighted by Crippen LogP contribution is 2.40. The fraction of sp³-hybridized carbons (Fsp3) is 0.500. The summed E-state index contributed by atoms with van der Waals surface area (Å²) in [5.41, 5.74) is 7.59. The van der Waals surface area contributed by atoms with Gasteiger partial charge in [-0.1, -0.05) is 30.7 Å². The van der Waals surface area contributed by atoms with Crippen molar-refractivity contribution in [1.29, 1.82) is 0 Å². The van der Waals surface area contributed by atoms with Crippen molar-refractivity contribution in [2.24, 2.45) is 5.73 Å². The summed E-state index contributed by atoms with van der Waals surface area (Å²) in [5, 5.41) is 0.805. The predicted octanol–water partition coefficient (Wildman–Crippen LogP) is 3.11. The maximum Gasteiger partial charge on any atom is 0.0406 e. The van der Waals surface area contributed by atoms with Crippen LogP contribution in [0.3, 0.4) is 0 Å². The minimum absolute atomic E-state index is 0.268. The van der Waals surface area contributed by atoms with E-state index >= 15 is 0 Å².